The zero-order valence-corrected chi connectivity index (χ0v) is 14.7. The number of hydrogen-bond donors (Lipinski definition) is 1. The maximum Gasteiger partial charge on any atom is 0.258 e. The van der Waals surface area contributed by atoms with Crippen LogP contribution in [-0.2, 0) is 11.2 Å². The van der Waals surface area contributed by atoms with Crippen molar-refractivity contribution >= 4 is 5.91 Å². The monoisotopic (exact) mass is 337 g/mol. The molecular weight excluding hydrogens is 310 g/mol. The Kier molecular flexibility index (Phi) is 6.49. The number of benzene rings is 2. The Labute approximate surface area is 150 Å². The summed E-state index contributed by atoms with van der Waals surface area (Å²) in [4.78, 5) is 12.2. The van der Waals surface area contributed by atoms with Crippen LogP contribution >= 0.6 is 0 Å². The van der Waals surface area contributed by atoms with Crippen molar-refractivity contribution in [1.29, 1.82) is 0 Å². The number of rotatable bonds is 6. The lowest BCUT2D eigenvalue weighted by Gasteiger charge is -2.17. The molecule has 1 saturated carbocycles. The molecule has 0 aliphatic heterocycles. The summed E-state index contributed by atoms with van der Waals surface area (Å²) in [7, 11) is 0. The lowest BCUT2D eigenvalue weighted by molar-refractivity contribution is -0.123. The minimum absolute atomic E-state index is 0.0126. The van der Waals surface area contributed by atoms with E-state index in [1.54, 1.807) is 0 Å². The van der Waals surface area contributed by atoms with E-state index in [1.165, 1.54) is 31.2 Å². The van der Waals surface area contributed by atoms with Crippen molar-refractivity contribution in [3.8, 4) is 5.75 Å². The van der Waals surface area contributed by atoms with Gasteiger partial charge in [-0.3, -0.25) is 4.79 Å². The summed E-state index contributed by atoms with van der Waals surface area (Å²) in [5.74, 6) is 0.781. The Morgan fingerprint density at radius 3 is 2.36 bits per heavy atom. The van der Waals surface area contributed by atoms with Crippen molar-refractivity contribution in [3.05, 3.63) is 65.7 Å². The molecule has 25 heavy (non-hydrogen) atoms. The normalized spacial score (nSPS) is 15.4. The highest BCUT2D eigenvalue weighted by atomic mass is 16.5. The van der Waals surface area contributed by atoms with Gasteiger partial charge in [-0.15, -0.1) is 0 Å². The number of nitrogens with one attached hydrogen (secondary N) is 1. The third-order valence-corrected chi connectivity index (χ3v) is 4.79. The second-order valence-electron chi connectivity index (χ2n) is 6.81. The fraction of sp³-hybridized carbons (Fsp3) is 0.409. The molecule has 1 fully saturated rings. The Morgan fingerprint density at radius 2 is 1.60 bits per heavy atom. The topological polar surface area (TPSA) is 38.3 Å². The van der Waals surface area contributed by atoms with Crippen molar-refractivity contribution in [3.63, 3.8) is 0 Å². The number of para-hydroxylation sites is 1. The maximum absolute atomic E-state index is 12.2. The lowest BCUT2D eigenvalue weighted by Crippen LogP contribution is -2.37. The van der Waals surface area contributed by atoms with Gasteiger partial charge in [0, 0.05) is 12.5 Å². The van der Waals surface area contributed by atoms with Gasteiger partial charge >= 0.3 is 0 Å². The molecule has 1 N–H and O–H groups in total. The second kappa shape index (κ2) is 9.26. The van der Waals surface area contributed by atoms with Gasteiger partial charge in [0.05, 0.1) is 0 Å². The lowest BCUT2D eigenvalue weighted by atomic mass is 10.0. The minimum atomic E-state index is -0.0126. The molecule has 0 bridgehead atoms. The third kappa shape index (κ3) is 5.63. The summed E-state index contributed by atoms with van der Waals surface area (Å²) in [6.45, 7) is 0.0856. The number of ether oxygens (including phenoxy) is 1. The van der Waals surface area contributed by atoms with Crippen LogP contribution < -0.4 is 10.1 Å². The van der Waals surface area contributed by atoms with E-state index in [1.807, 2.05) is 36.4 Å². The van der Waals surface area contributed by atoms with Gasteiger partial charge in [0.2, 0.25) is 0 Å². The molecule has 0 radical (unpaired) electrons. The Hall–Kier alpha value is -2.29. The molecule has 132 valence electrons. The van der Waals surface area contributed by atoms with Gasteiger partial charge in [-0.05, 0) is 30.0 Å². The zero-order chi connectivity index (χ0) is 17.3. The van der Waals surface area contributed by atoms with Crippen molar-refractivity contribution in [2.45, 2.75) is 51.0 Å². The molecule has 0 heterocycles. The average Bonchev–Trinajstić information content (AvgIpc) is 2.90. The SMILES string of the molecule is O=C(COc1ccccc1Cc1ccccc1)NC1CCCCCC1. The van der Waals surface area contributed by atoms with Crippen molar-refractivity contribution < 1.29 is 9.53 Å². The van der Waals surface area contributed by atoms with E-state index in [9.17, 15) is 4.79 Å². The molecule has 0 aromatic heterocycles. The highest BCUT2D eigenvalue weighted by molar-refractivity contribution is 5.77. The molecule has 1 aliphatic carbocycles. The van der Waals surface area contributed by atoms with Gasteiger partial charge in [0.15, 0.2) is 6.61 Å². The van der Waals surface area contributed by atoms with E-state index in [-0.39, 0.29) is 12.5 Å². The predicted molar refractivity (Wildman–Crippen MR) is 101 cm³/mol. The van der Waals surface area contributed by atoms with E-state index in [2.05, 4.69) is 23.5 Å². The van der Waals surface area contributed by atoms with Gasteiger partial charge in [-0.2, -0.15) is 0 Å². The van der Waals surface area contributed by atoms with Crippen LogP contribution in [0.4, 0.5) is 0 Å². The van der Waals surface area contributed by atoms with Crippen LogP contribution in [0.2, 0.25) is 0 Å². The molecular formula is C22H27NO2. The van der Waals surface area contributed by atoms with E-state index < -0.39 is 0 Å². The van der Waals surface area contributed by atoms with Gasteiger partial charge in [0.1, 0.15) is 5.75 Å². The highest BCUT2D eigenvalue weighted by Crippen LogP contribution is 2.21. The summed E-state index contributed by atoms with van der Waals surface area (Å²) in [5.41, 5.74) is 2.34. The van der Waals surface area contributed by atoms with E-state index in [0.29, 0.717) is 6.04 Å². The molecule has 0 spiro atoms. The van der Waals surface area contributed by atoms with Gasteiger partial charge in [0.25, 0.3) is 5.91 Å². The largest absolute Gasteiger partial charge is 0.483 e. The van der Waals surface area contributed by atoms with Crippen molar-refractivity contribution in [1.82, 2.24) is 5.32 Å². The fourth-order valence-corrected chi connectivity index (χ4v) is 3.44. The first kappa shape index (κ1) is 17.5. The summed E-state index contributed by atoms with van der Waals surface area (Å²) < 4.78 is 5.83. The first-order valence-corrected chi connectivity index (χ1v) is 9.35. The molecule has 0 unspecified atom stereocenters. The third-order valence-electron chi connectivity index (χ3n) is 4.79. The molecule has 0 saturated heterocycles. The highest BCUT2D eigenvalue weighted by Gasteiger charge is 2.15. The Bertz CT molecular complexity index is 661. The van der Waals surface area contributed by atoms with Gasteiger partial charge < -0.3 is 10.1 Å². The van der Waals surface area contributed by atoms with Crippen molar-refractivity contribution in [2.75, 3.05) is 6.61 Å². The molecule has 2 aromatic carbocycles. The molecule has 3 rings (SSSR count). The van der Waals surface area contributed by atoms with Crippen LogP contribution in [-0.4, -0.2) is 18.6 Å². The maximum atomic E-state index is 12.2. The van der Waals surface area contributed by atoms with Crippen LogP contribution in [0.15, 0.2) is 54.6 Å². The molecule has 3 heteroatoms. The molecule has 0 atom stereocenters. The average molecular weight is 337 g/mol. The summed E-state index contributed by atoms with van der Waals surface area (Å²) in [5, 5.41) is 3.13. The minimum Gasteiger partial charge on any atom is -0.483 e. The number of carbonyl (C=O) groups is 1. The smallest absolute Gasteiger partial charge is 0.258 e. The van der Waals surface area contributed by atoms with E-state index in [4.69, 9.17) is 4.74 Å². The summed E-state index contributed by atoms with van der Waals surface area (Å²) in [6, 6.07) is 18.6. The summed E-state index contributed by atoms with van der Waals surface area (Å²) >= 11 is 0. The van der Waals surface area contributed by atoms with E-state index in [0.717, 1.165) is 30.6 Å². The van der Waals surface area contributed by atoms with Crippen LogP contribution in [0.25, 0.3) is 0 Å². The number of amides is 1. The predicted octanol–water partition coefficient (Wildman–Crippen LogP) is 4.50. The first-order valence-electron chi connectivity index (χ1n) is 9.35. The standard InChI is InChI=1S/C22H27NO2/c24-22(23-20-13-6-1-2-7-14-20)17-25-21-15-9-8-12-19(21)16-18-10-4-3-5-11-18/h3-5,8-12,15,20H,1-2,6-7,13-14,16-17H2,(H,23,24). The fourth-order valence-electron chi connectivity index (χ4n) is 3.44. The molecule has 1 aliphatic rings. The van der Waals surface area contributed by atoms with Crippen molar-refractivity contribution in [2.24, 2.45) is 0 Å². The Balaban J connectivity index is 1.54. The number of hydrogen-bond acceptors (Lipinski definition) is 2. The van der Waals surface area contributed by atoms with E-state index >= 15 is 0 Å². The summed E-state index contributed by atoms with van der Waals surface area (Å²) in [6.07, 6.45) is 8.00. The van der Waals surface area contributed by atoms with Gasteiger partial charge in [-0.25, -0.2) is 0 Å². The quantitative estimate of drug-likeness (QED) is 0.789. The van der Waals surface area contributed by atoms with Crippen LogP contribution in [0.5, 0.6) is 5.75 Å². The van der Waals surface area contributed by atoms with Crippen LogP contribution in [0.3, 0.4) is 0 Å². The van der Waals surface area contributed by atoms with Crippen LogP contribution in [0.1, 0.15) is 49.7 Å². The second-order valence-corrected chi connectivity index (χ2v) is 6.81. The first-order chi connectivity index (χ1) is 12.3. The Morgan fingerprint density at radius 1 is 0.920 bits per heavy atom. The zero-order valence-electron chi connectivity index (χ0n) is 14.7. The molecule has 1 amide bonds. The van der Waals surface area contributed by atoms with Crippen LogP contribution in [0, 0.1) is 0 Å². The molecule has 3 nitrogen and oxygen atoms in total. The van der Waals surface area contributed by atoms with Gasteiger partial charge in [-0.1, -0.05) is 74.2 Å². The number of carbonyl (C=O) groups excluding carboxylic acids is 1. The molecule has 2 aromatic rings.